The molecule has 0 radical (unpaired) electrons. The largest absolute Gasteiger partial charge is 0.312 e. The Hall–Kier alpha value is -1.65. The summed E-state index contributed by atoms with van der Waals surface area (Å²) in [6.07, 6.45) is 0. The third kappa shape index (κ3) is 3.52. The van der Waals surface area contributed by atoms with E-state index in [1.54, 1.807) is 19.2 Å². The van der Waals surface area contributed by atoms with Crippen LogP contribution in [0.25, 0.3) is 0 Å². The summed E-state index contributed by atoms with van der Waals surface area (Å²) in [5.74, 6) is 0.0548. The molecule has 0 aliphatic heterocycles. The lowest BCUT2D eigenvalue weighted by Crippen LogP contribution is -2.26. The predicted molar refractivity (Wildman–Crippen MR) is 86.2 cm³/mol. The Kier molecular flexibility index (Phi) is 4.80. The van der Waals surface area contributed by atoms with Gasteiger partial charge in [0, 0.05) is 6.04 Å². The van der Waals surface area contributed by atoms with Crippen LogP contribution in [0.15, 0.2) is 53.4 Å². The summed E-state index contributed by atoms with van der Waals surface area (Å²) in [6, 6.07) is 14.8. The lowest BCUT2D eigenvalue weighted by molar-refractivity contribution is 0.573. The molecule has 0 aliphatic rings. The van der Waals surface area contributed by atoms with E-state index in [2.05, 4.69) is 5.32 Å². The molecule has 21 heavy (non-hydrogen) atoms. The fourth-order valence-corrected chi connectivity index (χ4v) is 4.33. The van der Waals surface area contributed by atoms with Crippen LogP contribution in [0.3, 0.4) is 0 Å². The van der Waals surface area contributed by atoms with Gasteiger partial charge >= 0.3 is 0 Å². The molecule has 2 aromatic rings. The molecule has 0 spiro atoms. The molecule has 1 N–H and O–H groups in total. The van der Waals surface area contributed by atoms with Crippen LogP contribution in [0.4, 0.5) is 0 Å². The van der Waals surface area contributed by atoms with Gasteiger partial charge in [0.2, 0.25) is 0 Å². The fraction of sp³-hybridized carbons (Fsp3) is 0.294. The number of benzene rings is 2. The van der Waals surface area contributed by atoms with Crippen molar-refractivity contribution in [1.82, 2.24) is 5.32 Å². The van der Waals surface area contributed by atoms with Crippen molar-refractivity contribution in [3.8, 4) is 0 Å². The summed E-state index contributed by atoms with van der Waals surface area (Å²) in [5.41, 5.74) is 2.91. The van der Waals surface area contributed by atoms with E-state index in [1.807, 2.05) is 50.2 Å². The van der Waals surface area contributed by atoms with Gasteiger partial charge in [-0.2, -0.15) is 0 Å². The molecule has 3 nitrogen and oxygen atoms in total. The van der Waals surface area contributed by atoms with E-state index in [1.165, 1.54) is 0 Å². The van der Waals surface area contributed by atoms with Crippen LogP contribution in [-0.4, -0.2) is 21.2 Å². The molecule has 0 fully saturated rings. The molecule has 0 amide bonds. The normalized spacial score (nSPS) is 13.1. The van der Waals surface area contributed by atoms with Gasteiger partial charge in [-0.05, 0) is 43.7 Å². The molecule has 1 unspecified atom stereocenters. The summed E-state index contributed by atoms with van der Waals surface area (Å²) in [5, 5.41) is 3.13. The highest BCUT2D eigenvalue weighted by molar-refractivity contribution is 7.91. The Labute approximate surface area is 126 Å². The number of hydrogen-bond donors (Lipinski definition) is 1. The first-order valence-electron chi connectivity index (χ1n) is 6.97. The Morgan fingerprint density at radius 3 is 2.10 bits per heavy atom. The van der Waals surface area contributed by atoms with E-state index in [0.29, 0.717) is 4.90 Å². The Morgan fingerprint density at radius 1 is 0.952 bits per heavy atom. The van der Waals surface area contributed by atoms with Gasteiger partial charge in [-0.3, -0.25) is 0 Å². The first-order valence-corrected chi connectivity index (χ1v) is 8.62. The van der Waals surface area contributed by atoms with Gasteiger partial charge < -0.3 is 5.32 Å². The maximum Gasteiger partial charge on any atom is 0.180 e. The van der Waals surface area contributed by atoms with Crippen LogP contribution in [-0.2, 0) is 9.84 Å². The maximum atomic E-state index is 12.7. The molecule has 112 valence electrons. The van der Waals surface area contributed by atoms with E-state index >= 15 is 0 Å². The molecule has 0 bridgehead atoms. The molecular weight excluding hydrogens is 282 g/mol. The highest BCUT2D eigenvalue weighted by Gasteiger charge is 2.23. The van der Waals surface area contributed by atoms with Gasteiger partial charge in [0.25, 0.3) is 0 Å². The predicted octanol–water partition coefficient (Wildman–Crippen LogP) is 3.04. The molecule has 0 saturated heterocycles. The number of rotatable bonds is 5. The Bertz CT molecular complexity index is 723. The van der Waals surface area contributed by atoms with Gasteiger partial charge in [0.05, 0.1) is 10.6 Å². The van der Waals surface area contributed by atoms with Crippen molar-refractivity contribution >= 4 is 9.84 Å². The van der Waals surface area contributed by atoms with E-state index in [9.17, 15) is 8.42 Å². The lowest BCUT2D eigenvalue weighted by atomic mass is 10.0. The summed E-state index contributed by atoms with van der Waals surface area (Å²) >= 11 is 0. The minimum absolute atomic E-state index is 0.0548. The third-order valence-corrected chi connectivity index (χ3v) is 5.63. The number of hydrogen-bond acceptors (Lipinski definition) is 3. The van der Waals surface area contributed by atoms with Crippen LogP contribution < -0.4 is 5.32 Å². The number of sulfone groups is 1. The van der Waals surface area contributed by atoms with Crippen molar-refractivity contribution < 1.29 is 8.42 Å². The van der Waals surface area contributed by atoms with Crippen molar-refractivity contribution in [2.24, 2.45) is 0 Å². The molecule has 0 saturated carbocycles. The van der Waals surface area contributed by atoms with Gasteiger partial charge in [-0.25, -0.2) is 8.42 Å². The minimum atomic E-state index is -3.33. The number of nitrogens with one attached hydrogen (secondary N) is 1. The van der Waals surface area contributed by atoms with E-state index in [4.69, 9.17) is 0 Å². The second-order valence-electron chi connectivity index (χ2n) is 5.24. The first-order chi connectivity index (χ1) is 9.95. The molecule has 2 aromatic carbocycles. The average molecular weight is 303 g/mol. The van der Waals surface area contributed by atoms with E-state index in [0.717, 1.165) is 16.7 Å². The van der Waals surface area contributed by atoms with Gasteiger partial charge in [0.1, 0.15) is 0 Å². The highest BCUT2D eigenvalue weighted by Crippen LogP contribution is 2.23. The molecule has 0 aliphatic carbocycles. The smallest absolute Gasteiger partial charge is 0.180 e. The summed E-state index contributed by atoms with van der Waals surface area (Å²) in [4.78, 5) is 0.416. The zero-order valence-corrected chi connectivity index (χ0v) is 13.4. The topological polar surface area (TPSA) is 46.2 Å². The maximum absolute atomic E-state index is 12.7. The summed E-state index contributed by atoms with van der Waals surface area (Å²) < 4.78 is 25.3. The fourth-order valence-electron chi connectivity index (χ4n) is 2.52. The molecule has 0 heterocycles. The zero-order valence-electron chi connectivity index (χ0n) is 12.6. The lowest BCUT2D eigenvalue weighted by Gasteiger charge is -2.19. The Balaban J connectivity index is 2.35. The van der Waals surface area contributed by atoms with Crippen LogP contribution in [0.5, 0.6) is 0 Å². The molecular formula is C17H21NO2S. The van der Waals surface area contributed by atoms with Crippen molar-refractivity contribution in [2.45, 2.75) is 24.8 Å². The van der Waals surface area contributed by atoms with Crippen molar-refractivity contribution in [3.63, 3.8) is 0 Å². The minimum Gasteiger partial charge on any atom is -0.312 e. The second kappa shape index (κ2) is 6.41. The second-order valence-corrected chi connectivity index (χ2v) is 7.25. The van der Waals surface area contributed by atoms with Crippen LogP contribution in [0, 0.1) is 13.8 Å². The van der Waals surface area contributed by atoms with Crippen molar-refractivity contribution in [3.05, 3.63) is 65.2 Å². The third-order valence-electron chi connectivity index (χ3n) is 3.73. The Morgan fingerprint density at radius 2 is 1.52 bits per heavy atom. The van der Waals surface area contributed by atoms with E-state index < -0.39 is 9.84 Å². The van der Waals surface area contributed by atoms with Crippen LogP contribution >= 0.6 is 0 Å². The average Bonchev–Trinajstić information content (AvgIpc) is 2.46. The number of aryl methyl sites for hydroxylation is 2. The quantitative estimate of drug-likeness (QED) is 0.923. The van der Waals surface area contributed by atoms with Crippen LogP contribution in [0.1, 0.15) is 22.7 Å². The molecule has 1 atom stereocenters. The summed E-state index contributed by atoms with van der Waals surface area (Å²) in [7, 11) is -1.53. The highest BCUT2D eigenvalue weighted by atomic mass is 32.2. The van der Waals surface area contributed by atoms with E-state index in [-0.39, 0.29) is 11.8 Å². The van der Waals surface area contributed by atoms with Crippen LogP contribution in [0.2, 0.25) is 0 Å². The van der Waals surface area contributed by atoms with Gasteiger partial charge in [0.15, 0.2) is 9.84 Å². The monoisotopic (exact) mass is 303 g/mol. The molecule has 2 rings (SSSR count). The van der Waals surface area contributed by atoms with Crippen molar-refractivity contribution in [1.29, 1.82) is 0 Å². The standard InChI is InChI=1S/C17H21NO2S/c1-13-8-4-6-10-15(13)16(18-3)12-21(19,20)17-11-7-5-9-14(17)2/h4-11,16,18H,12H2,1-3H3. The first kappa shape index (κ1) is 15.7. The molecule has 0 aromatic heterocycles. The summed E-state index contributed by atoms with van der Waals surface area (Å²) in [6.45, 7) is 3.83. The van der Waals surface area contributed by atoms with Crippen molar-refractivity contribution in [2.75, 3.05) is 12.8 Å². The van der Waals surface area contributed by atoms with Gasteiger partial charge in [-0.1, -0.05) is 42.5 Å². The SMILES string of the molecule is CNC(CS(=O)(=O)c1ccccc1C)c1ccccc1C. The zero-order chi connectivity index (χ0) is 15.5. The van der Waals surface area contributed by atoms with Gasteiger partial charge in [-0.15, -0.1) is 0 Å². The molecule has 4 heteroatoms.